The monoisotopic (exact) mass is 461 g/mol. The fourth-order valence-electron chi connectivity index (χ4n) is 3.90. The second-order valence-corrected chi connectivity index (χ2v) is 9.28. The van der Waals surface area contributed by atoms with E-state index in [-0.39, 0.29) is 12.0 Å². The predicted octanol–water partition coefficient (Wildman–Crippen LogP) is 4.40. The average Bonchev–Trinajstić information content (AvgIpc) is 2.80. The first kappa shape index (κ1) is 24.8. The highest BCUT2D eigenvalue weighted by atomic mass is 35.5. The van der Waals surface area contributed by atoms with Crippen LogP contribution in [0.15, 0.2) is 42.5 Å². The van der Waals surface area contributed by atoms with Crippen LogP contribution in [0.1, 0.15) is 37.0 Å². The Labute approximate surface area is 197 Å². The van der Waals surface area contributed by atoms with Crippen molar-refractivity contribution in [3.05, 3.63) is 59.2 Å². The van der Waals surface area contributed by atoms with Crippen molar-refractivity contribution in [2.45, 2.75) is 38.7 Å². The summed E-state index contributed by atoms with van der Waals surface area (Å²) >= 11 is 5.74. The van der Waals surface area contributed by atoms with E-state index in [1.165, 1.54) is 11.1 Å². The van der Waals surface area contributed by atoms with E-state index in [4.69, 9.17) is 25.8 Å². The third-order valence-electron chi connectivity index (χ3n) is 6.02. The van der Waals surface area contributed by atoms with Gasteiger partial charge in [0.05, 0.1) is 19.8 Å². The molecular formula is C26H36ClNO4. The van der Waals surface area contributed by atoms with Crippen LogP contribution in [0.5, 0.6) is 11.5 Å². The van der Waals surface area contributed by atoms with Gasteiger partial charge in [0.1, 0.15) is 24.2 Å². The summed E-state index contributed by atoms with van der Waals surface area (Å²) in [6, 6.07) is 14.5. The van der Waals surface area contributed by atoms with Crippen LogP contribution in [0.25, 0.3) is 0 Å². The summed E-state index contributed by atoms with van der Waals surface area (Å²) in [5.74, 6) is 2.29. The topological polar surface area (TPSA) is 51.2 Å². The van der Waals surface area contributed by atoms with Gasteiger partial charge in [-0.3, -0.25) is 4.90 Å². The molecule has 1 fully saturated rings. The minimum atomic E-state index is -0.516. The summed E-state index contributed by atoms with van der Waals surface area (Å²) in [4.78, 5) is 2.21. The molecule has 1 atom stereocenters. The van der Waals surface area contributed by atoms with Crippen LogP contribution in [0.4, 0.5) is 0 Å². The van der Waals surface area contributed by atoms with Crippen molar-refractivity contribution in [2.75, 3.05) is 51.9 Å². The molecule has 1 aliphatic rings. The molecule has 1 aliphatic heterocycles. The molecule has 6 heteroatoms. The Morgan fingerprint density at radius 3 is 2.41 bits per heavy atom. The zero-order valence-electron chi connectivity index (χ0n) is 19.5. The van der Waals surface area contributed by atoms with Gasteiger partial charge in [-0.15, -0.1) is 11.6 Å². The molecule has 2 aromatic rings. The van der Waals surface area contributed by atoms with Gasteiger partial charge in [0.2, 0.25) is 0 Å². The minimum absolute atomic E-state index is 0.159. The summed E-state index contributed by atoms with van der Waals surface area (Å²) in [7, 11) is 0. The van der Waals surface area contributed by atoms with Crippen LogP contribution in [-0.2, 0) is 10.2 Å². The number of hydrogen-bond donors (Lipinski definition) is 1. The number of aryl methyl sites for hydroxylation is 1. The number of aliphatic hydroxyl groups is 1. The molecule has 1 N–H and O–H groups in total. The number of aliphatic hydroxyl groups excluding tert-OH is 1. The molecule has 0 amide bonds. The Morgan fingerprint density at radius 1 is 1.06 bits per heavy atom. The van der Waals surface area contributed by atoms with Crippen molar-refractivity contribution >= 4 is 11.6 Å². The first-order valence-electron chi connectivity index (χ1n) is 11.4. The first-order chi connectivity index (χ1) is 15.4. The summed E-state index contributed by atoms with van der Waals surface area (Å²) < 4.78 is 17.0. The Hall–Kier alpha value is -1.79. The van der Waals surface area contributed by atoms with Crippen LogP contribution in [0, 0.1) is 6.92 Å². The normalized spacial score (nSPS) is 16.0. The Morgan fingerprint density at radius 2 is 1.75 bits per heavy atom. The largest absolute Gasteiger partial charge is 0.493 e. The van der Waals surface area contributed by atoms with Crippen molar-refractivity contribution in [3.63, 3.8) is 0 Å². The maximum absolute atomic E-state index is 10.3. The van der Waals surface area contributed by atoms with Gasteiger partial charge in [-0.1, -0.05) is 38.1 Å². The van der Waals surface area contributed by atoms with Gasteiger partial charge in [0, 0.05) is 30.9 Å². The molecule has 3 rings (SSSR count). The quantitative estimate of drug-likeness (QED) is 0.397. The number of morpholine rings is 1. The van der Waals surface area contributed by atoms with Crippen molar-refractivity contribution in [3.8, 4) is 11.5 Å². The lowest BCUT2D eigenvalue weighted by molar-refractivity contribution is 0.00465. The van der Waals surface area contributed by atoms with Crippen LogP contribution in [0.3, 0.4) is 0 Å². The van der Waals surface area contributed by atoms with E-state index in [1.807, 2.05) is 18.2 Å². The van der Waals surface area contributed by atoms with E-state index >= 15 is 0 Å². The number of halogens is 1. The molecule has 1 unspecified atom stereocenters. The molecule has 1 heterocycles. The van der Waals surface area contributed by atoms with Crippen LogP contribution in [0.2, 0.25) is 0 Å². The molecular weight excluding hydrogens is 426 g/mol. The van der Waals surface area contributed by atoms with E-state index in [9.17, 15) is 5.11 Å². The number of ether oxygens (including phenoxy) is 3. The molecule has 5 nitrogen and oxygen atoms in total. The highest BCUT2D eigenvalue weighted by Gasteiger charge is 2.24. The number of nitrogens with zero attached hydrogens (tertiary/aromatic N) is 1. The highest BCUT2D eigenvalue weighted by Crippen LogP contribution is 2.34. The van der Waals surface area contributed by atoms with Crippen molar-refractivity contribution in [2.24, 2.45) is 0 Å². The van der Waals surface area contributed by atoms with Crippen LogP contribution >= 0.6 is 11.6 Å². The van der Waals surface area contributed by atoms with E-state index in [2.05, 4.69) is 49.9 Å². The summed E-state index contributed by atoms with van der Waals surface area (Å²) in [5.41, 5.74) is 3.40. The fourth-order valence-corrected chi connectivity index (χ4v) is 4.01. The van der Waals surface area contributed by atoms with E-state index < -0.39 is 6.10 Å². The molecule has 0 aromatic heterocycles. The Balaban J connectivity index is 1.57. The number of rotatable bonds is 11. The zero-order chi connectivity index (χ0) is 23.0. The van der Waals surface area contributed by atoms with Gasteiger partial charge < -0.3 is 19.3 Å². The third-order valence-corrected chi connectivity index (χ3v) is 6.29. The molecule has 1 saturated heterocycles. The lowest BCUT2D eigenvalue weighted by atomic mass is 9.77. The number of alkyl halides is 1. The number of benzene rings is 2. The SMILES string of the molecule is Cc1cc(C(C)(C)c2ccc(OCC(O)CN3CCOCC3)cc2)ccc1OCCCCl. The second kappa shape index (κ2) is 11.9. The fraction of sp³-hybridized carbons (Fsp3) is 0.538. The molecule has 0 spiro atoms. The average molecular weight is 462 g/mol. The maximum atomic E-state index is 10.3. The standard InChI is InChI=1S/C26H36ClNO4/c1-20-17-22(7-10-25(20)31-14-4-11-27)26(2,3)21-5-8-24(9-6-21)32-19-23(29)18-28-12-15-30-16-13-28/h5-10,17,23,29H,4,11-16,18-19H2,1-3H3. The first-order valence-corrected chi connectivity index (χ1v) is 11.9. The van der Waals surface area contributed by atoms with Gasteiger partial charge in [-0.2, -0.15) is 0 Å². The lowest BCUT2D eigenvalue weighted by Gasteiger charge is -2.28. The molecule has 0 bridgehead atoms. The summed E-state index contributed by atoms with van der Waals surface area (Å²) in [6.45, 7) is 11.2. The lowest BCUT2D eigenvalue weighted by Crippen LogP contribution is -2.42. The van der Waals surface area contributed by atoms with Gasteiger partial charge in [-0.05, 0) is 48.2 Å². The molecule has 0 saturated carbocycles. The highest BCUT2D eigenvalue weighted by molar-refractivity contribution is 6.17. The van der Waals surface area contributed by atoms with Crippen molar-refractivity contribution in [1.29, 1.82) is 0 Å². The van der Waals surface area contributed by atoms with Crippen LogP contribution < -0.4 is 9.47 Å². The second-order valence-electron chi connectivity index (χ2n) is 8.90. The van der Waals surface area contributed by atoms with E-state index in [0.717, 1.165) is 49.8 Å². The molecule has 32 heavy (non-hydrogen) atoms. The van der Waals surface area contributed by atoms with Gasteiger partial charge in [-0.25, -0.2) is 0 Å². The number of hydrogen-bond acceptors (Lipinski definition) is 5. The van der Waals surface area contributed by atoms with E-state index in [1.54, 1.807) is 0 Å². The van der Waals surface area contributed by atoms with Gasteiger partial charge >= 0.3 is 0 Å². The van der Waals surface area contributed by atoms with Crippen LogP contribution in [-0.4, -0.2) is 68.1 Å². The van der Waals surface area contributed by atoms with Gasteiger partial charge in [0.25, 0.3) is 0 Å². The Kier molecular flexibility index (Phi) is 9.23. The van der Waals surface area contributed by atoms with Gasteiger partial charge in [0.15, 0.2) is 0 Å². The molecule has 0 radical (unpaired) electrons. The van der Waals surface area contributed by atoms with Crippen molar-refractivity contribution < 1.29 is 19.3 Å². The summed E-state index contributed by atoms with van der Waals surface area (Å²) in [6.07, 6.45) is 0.324. The third kappa shape index (κ3) is 6.85. The molecule has 2 aromatic carbocycles. The number of β-amino-alcohol motifs (C(OH)–C–C–N with tert-alkyl or cyclic N) is 1. The zero-order valence-corrected chi connectivity index (χ0v) is 20.2. The molecule has 176 valence electrons. The Bertz CT molecular complexity index is 834. The predicted molar refractivity (Wildman–Crippen MR) is 129 cm³/mol. The smallest absolute Gasteiger partial charge is 0.122 e. The minimum Gasteiger partial charge on any atom is -0.493 e. The maximum Gasteiger partial charge on any atom is 0.122 e. The van der Waals surface area contributed by atoms with Crippen molar-refractivity contribution in [1.82, 2.24) is 4.90 Å². The summed E-state index contributed by atoms with van der Waals surface area (Å²) in [5, 5.41) is 10.3. The van der Waals surface area contributed by atoms with E-state index in [0.29, 0.717) is 19.0 Å². The molecule has 0 aliphatic carbocycles.